The van der Waals surface area contributed by atoms with E-state index in [1.54, 1.807) is 0 Å². The molecule has 2 heteroatoms. The lowest BCUT2D eigenvalue weighted by molar-refractivity contribution is 0.0979. The van der Waals surface area contributed by atoms with Crippen LogP contribution in [0, 0.1) is 17.8 Å². The minimum absolute atomic E-state index is 0.00190. The molecule has 38 heavy (non-hydrogen) atoms. The van der Waals surface area contributed by atoms with Crippen molar-refractivity contribution < 1.29 is 9.59 Å². The lowest BCUT2D eigenvalue weighted by atomic mass is 9.82. The summed E-state index contributed by atoms with van der Waals surface area (Å²) in [5.74, 6) is 2.21. The Morgan fingerprint density at radius 1 is 0.632 bits per heavy atom. The van der Waals surface area contributed by atoms with Crippen LogP contribution in [-0.4, -0.2) is 11.6 Å². The lowest BCUT2D eigenvalue weighted by Crippen LogP contribution is -2.21. The van der Waals surface area contributed by atoms with Gasteiger partial charge in [-0.25, -0.2) is 0 Å². The molecule has 1 aliphatic carbocycles. The molecule has 0 N–H and O–H groups in total. The Labute approximate surface area is 232 Å². The number of carbonyl (C=O) groups excluding carboxylic acids is 2. The van der Waals surface area contributed by atoms with E-state index in [1.165, 1.54) is 44.1 Å². The topological polar surface area (TPSA) is 34.1 Å². The number of fused-ring (bicyclic) bond motifs is 2. The standard InChI is InChI=1S/C36H50O2/c1-25(2)11-7-13-27(5)15-9-17-29-19-21-31-33(23-29)35(37)32-22-20-30(24-34(32)36(31)38)18-10-16-28(6)14-8-12-26(3)4/h11,19-24,26-28H,7-10,12-18H2,1-6H3. The molecule has 3 rings (SSSR count). The lowest BCUT2D eigenvalue weighted by Gasteiger charge is -2.19. The minimum atomic E-state index is -0.00290. The van der Waals surface area contributed by atoms with Gasteiger partial charge in [0.2, 0.25) is 0 Å². The van der Waals surface area contributed by atoms with Crippen LogP contribution in [0.3, 0.4) is 0 Å². The fourth-order valence-corrected chi connectivity index (χ4v) is 5.68. The molecular weight excluding hydrogens is 464 g/mol. The summed E-state index contributed by atoms with van der Waals surface area (Å²) in [5, 5.41) is 0. The van der Waals surface area contributed by atoms with Gasteiger partial charge in [0, 0.05) is 22.3 Å². The zero-order valence-electron chi connectivity index (χ0n) is 24.9. The fourth-order valence-electron chi connectivity index (χ4n) is 5.68. The molecule has 206 valence electrons. The molecule has 2 nitrogen and oxygen atoms in total. The van der Waals surface area contributed by atoms with Gasteiger partial charge in [0.15, 0.2) is 11.6 Å². The van der Waals surface area contributed by atoms with Crippen LogP contribution in [0.5, 0.6) is 0 Å². The van der Waals surface area contributed by atoms with E-state index < -0.39 is 0 Å². The SMILES string of the molecule is CC(C)=CCCC(C)CCCc1ccc2c(c1)C(=O)c1ccc(CCCC(C)CCCC(C)C)cc1C2=O. The van der Waals surface area contributed by atoms with Gasteiger partial charge in [-0.15, -0.1) is 0 Å². The van der Waals surface area contributed by atoms with Crippen molar-refractivity contribution in [3.63, 3.8) is 0 Å². The Kier molecular flexibility index (Phi) is 11.6. The van der Waals surface area contributed by atoms with E-state index in [1.807, 2.05) is 30.3 Å². The Morgan fingerprint density at radius 2 is 1.11 bits per heavy atom. The van der Waals surface area contributed by atoms with E-state index in [4.69, 9.17) is 0 Å². The molecule has 0 spiro atoms. The normalized spacial score (nSPS) is 14.3. The summed E-state index contributed by atoms with van der Waals surface area (Å²) in [6.07, 6.45) is 15.1. The van der Waals surface area contributed by atoms with Crippen LogP contribution in [0.1, 0.15) is 142 Å². The monoisotopic (exact) mass is 514 g/mol. The summed E-state index contributed by atoms with van der Waals surface area (Å²) in [4.78, 5) is 26.7. The van der Waals surface area contributed by atoms with Crippen molar-refractivity contribution in [2.45, 2.75) is 112 Å². The van der Waals surface area contributed by atoms with Crippen LogP contribution in [0.15, 0.2) is 48.0 Å². The third-order valence-corrected chi connectivity index (χ3v) is 8.16. The molecule has 0 bridgehead atoms. The van der Waals surface area contributed by atoms with Crippen LogP contribution >= 0.6 is 0 Å². The number of hydrogen-bond donors (Lipinski definition) is 0. The highest BCUT2D eigenvalue weighted by atomic mass is 16.1. The summed E-state index contributed by atoms with van der Waals surface area (Å²) in [6.45, 7) is 13.6. The predicted octanol–water partition coefficient (Wildman–Crippen LogP) is 9.95. The largest absolute Gasteiger partial charge is 0.289 e. The first-order chi connectivity index (χ1) is 18.2. The summed E-state index contributed by atoms with van der Waals surface area (Å²) >= 11 is 0. The van der Waals surface area contributed by atoms with Gasteiger partial charge in [0.1, 0.15) is 0 Å². The van der Waals surface area contributed by atoms with Crippen molar-refractivity contribution >= 4 is 11.6 Å². The molecule has 0 saturated heterocycles. The molecule has 0 fully saturated rings. The molecule has 0 aromatic heterocycles. The highest BCUT2D eigenvalue weighted by Gasteiger charge is 2.30. The molecule has 2 aromatic carbocycles. The highest BCUT2D eigenvalue weighted by molar-refractivity contribution is 6.28. The van der Waals surface area contributed by atoms with Crippen LogP contribution in [0.25, 0.3) is 0 Å². The van der Waals surface area contributed by atoms with E-state index in [-0.39, 0.29) is 11.6 Å². The van der Waals surface area contributed by atoms with E-state index >= 15 is 0 Å². The quantitative estimate of drug-likeness (QED) is 0.189. The third-order valence-electron chi connectivity index (χ3n) is 8.16. The molecule has 0 aliphatic heterocycles. The molecule has 2 atom stereocenters. The summed E-state index contributed by atoms with van der Waals surface area (Å²) in [6, 6.07) is 11.8. The van der Waals surface area contributed by atoms with Gasteiger partial charge >= 0.3 is 0 Å². The van der Waals surface area contributed by atoms with Crippen molar-refractivity contribution in [1.82, 2.24) is 0 Å². The first kappa shape index (κ1) is 30.1. The summed E-state index contributed by atoms with van der Waals surface area (Å²) in [5.41, 5.74) is 6.01. The first-order valence-electron chi connectivity index (χ1n) is 15.1. The molecule has 0 amide bonds. The number of allylic oxidation sites excluding steroid dienone is 2. The van der Waals surface area contributed by atoms with Crippen molar-refractivity contribution in [2.75, 3.05) is 0 Å². The molecule has 1 aliphatic rings. The Hall–Kier alpha value is -2.48. The molecule has 2 aromatic rings. The number of ketones is 2. The third kappa shape index (κ3) is 8.79. The van der Waals surface area contributed by atoms with Crippen molar-refractivity contribution in [3.05, 3.63) is 81.4 Å². The molecule has 2 unspecified atom stereocenters. The Morgan fingerprint density at radius 3 is 1.58 bits per heavy atom. The molecule has 0 saturated carbocycles. The van der Waals surface area contributed by atoms with Gasteiger partial charge in [-0.3, -0.25) is 9.59 Å². The van der Waals surface area contributed by atoms with Crippen molar-refractivity contribution in [3.8, 4) is 0 Å². The fraction of sp³-hybridized carbons (Fsp3) is 0.556. The molecule has 0 radical (unpaired) electrons. The minimum Gasteiger partial charge on any atom is -0.289 e. The second kappa shape index (κ2) is 14.6. The number of hydrogen-bond acceptors (Lipinski definition) is 2. The van der Waals surface area contributed by atoms with Gasteiger partial charge in [0.25, 0.3) is 0 Å². The first-order valence-corrected chi connectivity index (χ1v) is 15.1. The number of aryl methyl sites for hydroxylation is 2. The van der Waals surface area contributed by atoms with Crippen LogP contribution in [0.2, 0.25) is 0 Å². The van der Waals surface area contributed by atoms with Gasteiger partial charge in [-0.05, 0) is 93.4 Å². The van der Waals surface area contributed by atoms with Crippen molar-refractivity contribution in [1.29, 1.82) is 0 Å². The molecule has 0 heterocycles. The van der Waals surface area contributed by atoms with E-state index in [0.29, 0.717) is 28.2 Å². The van der Waals surface area contributed by atoms with E-state index in [9.17, 15) is 9.59 Å². The predicted molar refractivity (Wildman–Crippen MR) is 161 cm³/mol. The Balaban J connectivity index is 1.56. The summed E-state index contributed by atoms with van der Waals surface area (Å²) in [7, 11) is 0. The van der Waals surface area contributed by atoms with Gasteiger partial charge < -0.3 is 0 Å². The van der Waals surface area contributed by atoms with E-state index in [2.05, 4.69) is 53.7 Å². The maximum absolute atomic E-state index is 13.4. The molecular formula is C36H50O2. The maximum Gasteiger partial charge on any atom is 0.194 e. The van der Waals surface area contributed by atoms with Gasteiger partial charge in [-0.1, -0.05) is 95.7 Å². The Bertz CT molecular complexity index is 1120. The van der Waals surface area contributed by atoms with Gasteiger partial charge in [-0.2, -0.15) is 0 Å². The van der Waals surface area contributed by atoms with E-state index in [0.717, 1.165) is 55.1 Å². The zero-order chi connectivity index (χ0) is 27.7. The van der Waals surface area contributed by atoms with Crippen LogP contribution in [0.4, 0.5) is 0 Å². The van der Waals surface area contributed by atoms with Crippen LogP contribution < -0.4 is 0 Å². The average Bonchev–Trinajstić information content (AvgIpc) is 2.86. The number of rotatable bonds is 15. The second-order valence-corrected chi connectivity index (χ2v) is 12.6. The number of benzene rings is 2. The smallest absolute Gasteiger partial charge is 0.194 e. The van der Waals surface area contributed by atoms with Crippen LogP contribution in [-0.2, 0) is 12.8 Å². The van der Waals surface area contributed by atoms with Crippen molar-refractivity contribution in [2.24, 2.45) is 17.8 Å². The second-order valence-electron chi connectivity index (χ2n) is 12.6. The summed E-state index contributed by atoms with van der Waals surface area (Å²) < 4.78 is 0. The zero-order valence-corrected chi connectivity index (χ0v) is 24.9. The maximum atomic E-state index is 13.4. The van der Waals surface area contributed by atoms with Gasteiger partial charge in [0.05, 0.1) is 0 Å². The number of carbonyl (C=O) groups is 2. The average molecular weight is 515 g/mol. The highest BCUT2D eigenvalue weighted by Crippen LogP contribution is 2.30.